The molecule has 0 saturated carbocycles. The molecule has 0 unspecified atom stereocenters. The first-order valence-electron chi connectivity index (χ1n) is 15.4. The van der Waals surface area contributed by atoms with Gasteiger partial charge in [-0.15, -0.1) is 0 Å². The molecule has 0 bridgehead atoms. The largest absolute Gasteiger partial charge is 0.464 e. The summed E-state index contributed by atoms with van der Waals surface area (Å²) in [7, 11) is 0. The van der Waals surface area contributed by atoms with Crippen LogP contribution in [0, 0.1) is 0 Å². The Bertz CT molecular complexity index is 565. The lowest BCUT2D eigenvalue weighted by Crippen LogP contribution is -2.40. The summed E-state index contributed by atoms with van der Waals surface area (Å²) in [5, 5.41) is 5.99. The second-order valence-electron chi connectivity index (χ2n) is 10.1. The molecule has 0 aliphatic heterocycles. The number of rotatable bonds is 26. The maximum atomic E-state index is 11.9. The fourth-order valence-corrected chi connectivity index (χ4v) is 4.47. The number of hydrogen-bond donors (Lipinski definition) is 2. The van der Waals surface area contributed by atoms with Crippen LogP contribution in [0.1, 0.15) is 142 Å². The summed E-state index contributed by atoms with van der Waals surface area (Å²) in [6.45, 7) is 5.82. The second-order valence-corrected chi connectivity index (χ2v) is 10.9. The van der Waals surface area contributed by atoms with Crippen LogP contribution >= 0.6 is 24.4 Å². The van der Waals surface area contributed by atoms with Crippen LogP contribution in [0.25, 0.3) is 0 Å². The number of ether oxygens (including phenoxy) is 2. The topological polar surface area (TPSA) is 76.7 Å². The fraction of sp³-hybridized carbons (Fsp3) is 0.867. The maximum Gasteiger partial charge on any atom is 0.305 e. The number of esters is 2. The average molecular weight is 573 g/mol. The van der Waals surface area contributed by atoms with E-state index in [0.29, 0.717) is 35.9 Å². The van der Waals surface area contributed by atoms with E-state index in [9.17, 15) is 9.59 Å². The number of carbonyl (C=O) groups excluding carboxylic acids is 2. The monoisotopic (exact) mass is 572 g/mol. The van der Waals surface area contributed by atoms with Gasteiger partial charge in [-0.1, -0.05) is 141 Å². The molecular weight excluding hydrogens is 516 g/mol. The van der Waals surface area contributed by atoms with Gasteiger partial charge in [0.2, 0.25) is 0 Å². The molecule has 38 heavy (non-hydrogen) atoms. The zero-order valence-electron chi connectivity index (χ0n) is 24.4. The first-order chi connectivity index (χ1) is 18.5. The Morgan fingerprint density at radius 3 is 1.11 bits per heavy atom. The average Bonchev–Trinajstić information content (AvgIpc) is 2.91. The van der Waals surface area contributed by atoms with Gasteiger partial charge in [0.15, 0.2) is 0 Å². The van der Waals surface area contributed by atoms with Crippen molar-refractivity contribution in [2.75, 3.05) is 26.3 Å². The molecule has 0 heterocycles. The van der Waals surface area contributed by atoms with Gasteiger partial charge in [-0.05, 0) is 12.8 Å². The van der Waals surface area contributed by atoms with Gasteiger partial charge < -0.3 is 20.1 Å². The van der Waals surface area contributed by atoms with E-state index in [0.717, 1.165) is 25.7 Å². The Balaban J connectivity index is 3.53. The Morgan fingerprint density at radius 2 is 0.789 bits per heavy atom. The highest BCUT2D eigenvalue weighted by Crippen LogP contribution is 2.11. The van der Waals surface area contributed by atoms with E-state index in [1.807, 2.05) is 0 Å². The lowest BCUT2D eigenvalue weighted by molar-refractivity contribution is -0.144. The van der Waals surface area contributed by atoms with Crippen molar-refractivity contribution in [2.45, 2.75) is 142 Å². The molecule has 222 valence electrons. The Morgan fingerprint density at radius 1 is 0.500 bits per heavy atom. The third-order valence-corrected chi connectivity index (χ3v) is 7.30. The van der Waals surface area contributed by atoms with Crippen molar-refractivity contribution < 1.29 is 19.1 Å². The molecule has 8 heteroatoms. The number of carbonyl (C=O) groups is 2. The summed E-state index contributed by atoms with van der Waals surface area (Å²) in [4.78, 5) is 24.5. The zero-order valence-corrected chi connectivity index (χ0v) is 26.1. The van der Waals surface area contributed by atoms with Crippen molar-refractivity contribution in [2.24, 2.45) is 0 Å². The van der Waals surface area contributed by atoms with Gasteiger partial charge in [-0.25, -0.2) is 0 Å². The van der Waals surface area contributed by atoms with E-state index in [2.05, 4.69) is 24.5 Å². The second kappa shape index (κ2) is 28.7. The Hall–Kier alpha value is -1.28. The standard InChI is InChI=1S/C30H56N2O4S2/c1-3-5-7-9-11-13-15-17-19-21-27(33)35-25-23-31-29(37)30(38)32-24-26-36-28(34)22-20-18-16-14-12-10-8-6-4-2/h3-26H2,1-2H3,(H,31,37)(H,32,38). The highest BCUT2D eigenvalue weighted by atomic mass is 32.1. The molecule has 0 aliphatic rings. The predicted octanol–water partition coefficient (Wildman–Crippen LogP) is 7.75. The van der Waals surface area contributed by atoms with Crippen molar-refractivity contribution in [1.29, 1.82) is 0 Å². The van der Waals surface area contributed by atoms with Crippen LogP contribution in [0.2, 0.25) is 0 Å². The molecule has 0 rings (SSSR count). The van der Waals surface area contributed by atoms with Crippen LogP contribution in [0.15, 0.2) is 0 Å². The molecule has 0 radical (unpaired) electrons. The molecule has 0 aromatic rings. The molecule has 2 N–H and O–H groups in total. The minimum Gasteiger partial charge on any atom is -0.464 e. The van der Waals surface area contributed by atoms with Crippen LogP contribution in [0.4, 0.5) is 0 Å². The van der Waals surface area contributed by atoms with Gasteiger partial charge >= 0.3 is 11.9 Å². The Kier molecular flexibility index (Phi) is 27.8. The molecular formula is C30H56N2O4S2. The minimum atomic E-state index is -0.161. The van der Waals surface area contributed by atoms with Crippen LogP contribution in [0.3, 0.4) is 0 Å². The lowest BCUT2D eigenvalue weighted by Gasteiger charge is -2.12. The number of nitrogens with one attached hydrogen (secondary N) is 2. The smallest absolute Gasteiger partial charge is 0.305 e. The molecule has 0 atom stereocenters. The summed E-state index contributed by atoms with van der Waals surface area (Å²) >= 11 is 10.5. The highest BCUT2D eigenvalue weighted by molar-refractivity contribution is 7.89. The maximum absolute atomic E-state index is 11.9. The molecule has 0 saturated heterocycles. The van der Waals surface area contributed by atoms with Gasteiger partial charge in [0, 0.05) is 25.9 Å². The minimum absolute atomic E-state index is 0.161. The van der Waals surface area contributed by atoms with E-state index in [-0.39, 0.29) is 25.2 Å². The molecule has 6 nitrogen and oxygen atoms in total. The van der Waals surface area contributed by atoms with E-state index >= 15 is 0 Å². The van der Waals surface area contributed by atoms with Crippen LogP contribution in [-0.4, -0.2) is 48.2 Å². The van der Waals surface area contributed by atoms with Crippen molar-refractivity contribution in [1.82, 2.24) is 10.6 Å². The lowest BCUT2D eigenvalue weighted by atomic mass is 10.1. The van der Waals surface area contributed by atoms with Crippen LogP contribution < -0.4 is 10.6 Å². The Labute approximate surface area is 244 Å². The summed E-state index contributed by atoms with van der Waals surface area (Å²) in [6.07, 6.45) is 23.0. The van der Waals surface area contributed by atoms with Crippen molar-refractivity contribution in [3.05, 3.63) is 0 Å². The van der Waals surface area contributed by atoms with Gasteiger partial charge in [0.25, 0.3) is 0 Å². The van der Waals surface area contributed by atoms with Gasteiger partial charge in [0.1, 0.15) is 23.2 Å². The van der Waals surface area contributed by atoms with Crippen LogP contribution in [0.5, 0.6) is 0 Å². The van der Waals surface area contributed by atoms with Crippen LogP contribution in [-0.2, 0) is 19.1 Å². The van der Waals surface area contributed by atoms with E-state index in [4.69, 9.17) is 33.9 Å². The first kappa shape index (κ1) is 36.7. The molecule has 0 aromatic carbocycles. The number of hydrogen-bond acceptors (Lipinski definition) is 6. The fourth-order valence-electron chi connectivity index (χ4n) is 4.12. The molecule has 0 spiro atoms. The van der Waals surface area contributed by atoms with E-state index in [1.165, 1.54) is 89.9 Å². The van der Waals surface area contributed by atoms with E-state index < -0.39 is 0 Å². The van der Waals surface area contributed by atoms with Crippen molar-refractivity contribution >= 4 is 46.4 Å². The molecule has 0 fully saturated rings. The third kappa shape index (κ3) is 26.3. The third-order valence-electron chi connectivity index (χ3n) is 6.48. The quantitative estimate of drug-likeness (QED) is 0.0619. The normalized spacial score (nSPS) is 10.7. The summed E-state index contributed by atoms with van der Waals surface area (Å²) in [5.41, 5.74) is 0. The van der Waals surface area contributed by atoms with E-state index in [1.54, 1.807) is 0 Å². The predicted molar refractivity (Wildman–Crippen MR) is 167 cm³/mol. The molecule has 0 amide bonds. The van der Waals surface area contributed by atoms with Gasteiger partial charge in [-0.2, -0.15) is 0 Å². The van der Waals surface area contributed by atoms with Crippen molar-refractivity contribution in [3.63, 3.8) is 0 Å². The summed E-state index contributed by atoms with van der Waals surface area (Å²) < 4.78 is 10.5. The zero-order chi connectivity index (χ0) is 28.1. The summed E-state index contributed by atoms with van der Waals surface area (Å²) in [6, 6.07) is 0. The summed E-state index contributed by atoms with van der Waals surface area (Å²) in [5.74, 6) is -0.323. The number of thiocarbonyl (C=S) groups is 2. The SMILES string of the molecule is CCCCCCCCCCCC(=O)OCCNC(=S)C(=S)NCCOC(=O)CCCCCCCCCCC. The van der Waals surface area contributed by atoms with Crippen molar-refractivity contribution in [3.8, 4) is 0 Å². The molecule has 0 aliphatic carbocycles. The van der Waals surface area contributed by atoms with Gasteiger partial charge in [0.05, 0.1) is 0 Å². The molecule has 0 aromatic heterocycles. The first-order valence-corrected chi connectivity index (χ1v) is 16.2. The number of unbranched alkanes of at least 4 members (excludes halogenated alkanes) is 16. The van der Waals surface area contributed by atoms with Gasteiger partial charge in [-0.3, -0.25) is 9.59 Å². The highest BCUT2D eigenvalue weighted by Gasteiger charge is 2.07.